The van der Waals surface area contributed by atoms with Crippen LogP contribution in [0.1, 0.15) is 54.3 Å². The van der Waals surface area contributed by atoms with Gasteiger partial charge in [0.15, 0.2) is 4.96 Å². The third-order valence-corrected chi connectivity index (χ3v) is 5.28. The molecule has 0 unspecified atom stereocenters. The highest BCUT2D eigenvalue weighted by Gasteiger charge is 2.19. The van der Waals surface area contributed by atoms with E-state index in [-0.39, 0.29) is 0 Å². The summed E-state index contributed by atoms with van der Waals surface area (Å²) < 4.78 is 2.08. The molecule has 0 atom stereocenters. The van der Waals surface area contributed by atoms with Crippen molar-refractivity contribution in [1.82, 2.24) is 29.3 Å². The van der Waals surface area contributed by atoms with E-state index in [9.17, 15) is 0 Å². The second-order valence-electron chi connectivity index (χ2n) is 6.15. The van der Waals surface area contributed by atoms with Crippen LogP contribution in [0.15, 0.2) is 42.0 Å². The molecule has 0 aliphatic carbocycles. The van der Waals surface area contributed by atoms with Gasteiger partial charge < -0.3 is 10.3 Å². The second-order valence-corrected chi connectivity index (χ2v) is 7.02. The first kappa shape index (κ1) is 26.0. The Bertz CT molecular complexity index is 1270. The van der Waals surface area contributed by atoms with Gasteiger partial charge in [0.25, 0.3) is 0 Å². The maximum Gasteiger partial charge on any atom is 0.222 e. The summed E-state index contributed by atoms with van der Waals surface area (Å²) in [5, 5.41) is 5.03. The molecule has 0 saturated heterocycles. The largest absolute Gasteiger partial charge is 0.357 e. The molecule has 0 bridgehead atoms. The topological polar surface area (TPSA) is 83.8 Å². The van der Waals surface area contributed by atoms with E-state index in [1.165, 1.54) is 0 Å². The first-order valence-electron chi connectivity index (χ1n) is 11.7. The molecule has 0 aliphatic rings. The van der Waals surface area contributed by atoms with E-state index in [1.807, 2.05) is 72.3 Å². The number of aromatic amines is 1. The Balaban J connectivity index is 0.000000597. The van der Waals surface area contributed by atoms with Crippen molar-refractivity contribution in [2.75, 3.05) is 12.4 Å². The van der Waals surface area contributed by atoms with Gasteiger partial charge >= 0.3 is 0 Å². The van der Waals surface area contributed by atoms with Crippen LogP contribution in [0.4, 0.5) is 5.95 Å². The van der Waals surface area contributed by atoms with Crippen LogP contribution in [0.3, 0.4) is 0 Å². The molecule has 0 fully saturated rings. The van der Waals surface area contributed by atoms with Gasteiger partial charge in [-0.15, -0.1) is 11.3 Å². The molecule has 5 aromatic rings. The molecule has 4 heterocycles. The van der Waals surface area contributed by atoms with Crippen molar-refractivity contribution in [3.05, 3.63) is 47.9 Å². The van der Waals surface area contributed by atoms with E-state index >= 15 is 0 Å². The number of hydrogen-bond acceptors (Lipinski definition) is 6. The Labute approximate surface area is 200 Å². The molecular weight excluding hydrogens is 430 g/mol. The fraction of sp³-hybridized carbons (Fsp3) is 0.360. The highest BCUT2D eigenvalue weighted by Crippen LogP contribution is 2.34. The lowest BCUT2D eigenvalue weighted by Crippen LogP contribution is -1.98. The van der Waals surface area contributed by atoms with Crippen molar-refractivity contribution >= 4 is 33.3 Å². The van der Waals surface area contributed by atoms with E-state index in [2.05, 4.69) is 48.7 Å². The van der Waals surface area contributed by atoms with Crippen molar-refractivity contribution in [2.45, 2.75) is 54.9 Å². The number of aryl methyl sites for hydroxylation is 1. The van der Waals surface area contributed by atoms with Crippen LogP contribution in [0.25, 0.3) is 38.6 Å². The maximum absolute atomic E-state index is 4.87. The molecule has 0 spiro atoms. The molecular formula is C25H35N7S. The van der Waals surface area contributed by atoms with Gasteiger partial charge in [-0.3, -0.25) is 4.40 Å². The summed E-state index contributed by atoms with van der Waals surface area (Å²) in [6, 6.07) is 8.13. The van der Waals surface area contributed by atoms with Crippen LogP contribution in [-0.2, 0) is 6.42 Å². The number of hydrogen-bond donors (Lipinski definition) is 2. The molecule has 1 aromatic carbocycles. The third-order valence-electron chi connectivity index (χ3n) is 4.52. The lowest BCUT2D eigenvalue weighted by molar-refractivity contribution is 1.00. The van der Waals surface area contributed by atoms with Crippen LogP contribution in [0.2, 0.25) is 0 Å². The van der Waals surface area contributed by atoms with E-state index in [0.29, 0.717) is 5.95 Å². The monoisotopic (exact) mass is 465 g/mol. The minimum absolute atomic E-state index is 0.584. The Morgan fingerprint density at radius 3 is 2.45 bits per heavy atom. The summed E-state index contributed by atoms with van der Waals surface area (Å²) in [5.41, 5.74) is 5.71. The number of nitrogens with zero attached hydrogens (tertiary/aromatic N) is 5. The van der Waals surface area contributed by atoms with Crippen LogP contribution in [0.5, 0.6) is 0 Å². The van der Waals surface area contributed by atoms with Crippen molar-refractivity contribution in [3.8, 4) is 22.6 Å². The number of benzene rings is 1. The predicted octanol–water partition coefficient (Wildman–Crippen LogP) is 7.08. The number of fused-ring (bicyclic) bond motifs is 2. The predicted molar refractivity (Wildman–Crippen MR) is 142 cm³/mol. The van der Waals surface area contributed by atoms with Crippen molar-refractivity contribution in [2.24, 2.45) is 0 Å². The first-order valence-corrected chi connectivity index (χ1v) is 12.6. The zero-order valence-corrected chi connectivity index (χ0v) is 21.7. The first-order chi connectivity index (χ1) is 16.3. The van der Waals surface area contributed by atoms with E-state index in [4.69, 9.17) is 4.98 Å². The number of aromatic nitrogens is 6. The zero-order valence-electron chi connectivity index (χ0n) is 20.9. The normalized spacial score (nSPS) is 9.94. The fourth-order valence-electron chi connectivity index (χ4n) is 3.22. The third kappa shape index (κ3) is 5.39. The van der Waals surface area contributed by atoms with Crippen LogP contribution >= 0.6 is 11.3 Å². The summed E-state index contributed by atoms with van der Waals surface area (Å²) in [4.78, 5) is 22.6. The molecule has 176 valence electrons. The van der Waals surface area contributed by atoms with Gasteiger partial charge in [0.1, 0.15) is 11.5 Å². The Kier molecular flexibility index (Phi) is 10.00. The molecule has 4 aromatic heterocycles. The molecule has 0 saturated carbocycles. The molecule has 0 radical (unpaired) electrons. The van der Waals surface area contributed by atoms with Crippen LogP contribution < -0.4 is 5.32 Å². The highest BCUT2D eigenvalue weighted by atomic mass is 32.1. The van der Waals surface area contributed by atoms with Gasteiger partial charge in [0.2, 0.25) is 5.95 Å². The quantitative estimate of drug-likeness (QED) is 0.296. The van der Waals surface area contributed by atoms with Crippen LogP contribution in [-0.4, -0.2) is 36.4 Å². The average Bonchev–Trinajstić information content (AvgIpc) is 3.61. The molecule has 2 N–H and O–H groups in total. The Morgan fingerprint density at radius 1 is 1.00 bits per heavy atom. The van der Waals surface area contributed by atoms with Crippen molar-refractivity contribution < 1.29 is 0 Å². The molecule has 8 heteroatoms. The van der Waals surface area contributed by atoms with Crippen molar-refractivity contribution in [1.29, 1.82) is 0 Å². The molecule has 0 aliphatic heterocycles. The highest BCUT2D eigenvalue weighted by molar-refractivity contribution is 7.15. The minimum atomic E-state index is 0.584. The van der Waals surface area contributed by atoms with E-state index in [1.54, 1.807) is 17.5 Å². The maximum atomic E-state index is 4.87. The van der Waals surface area contributed by atoms with Gasteiger partial charge in [-0.2, -0.15) is 0 Å². The number of imidazole rings is 2. The summed E-state index contributed by atoms with van der Waals surface area (Å²) in [7, 11) is 1.81. The van der Waals surface area contributed by atoms with Gasteiger partial charge in [-0.05, 0) is 18.2 Å². The smallest absolute Gasteiger partial charge is 0.222 e. The van der Waals surface area contributed by atoms with Gasteiger partial charge in [0.05, 0.1) is 22.4 Å². The summed E-state index contributed by atoms with van der Waals surface area (Å²) in [6.45, 7) is 14.1. The lowest BCUT2D eigenvalue weighted by Gasteiger charge is -2.06. The van der Waals surface area contributed by atoms with Gasteiger partial charge in [-0.1, -0.05) is 54.5 Å². The second kappa shape index (κ2) is 12.7. The van der Waals surface area contributed by atoms with E-state index < -0.39 is 0 Å². The Hall–Kier alpha value is -3.26. The Morgan fingerprint density at radius 2 is 1.76 bits per heavy atom. The number of nitrogens with one attached hydrogen (secondary N) is 2. The van der Waals surface area contributed by atoms with Gasteiger partial charge in [0, 0.05) is 36.8 Å². The minimum Gasteiger partial charge on any atom is -0.357 e. The summed E-state index contributed by atoms with van der Waals surface area (Å²) in [5.74, 6) is 1.57. The van der Waals surface area contributed by atoms with Gasteiger partial charge in [-0.25, -0.2) is 19.9 Å². The lowest BCUT2D eigenvalue weighted by atomic mass is 10.1. The standard InChI is InChI=1S/C19H17N7S.3C2H6/c1-3-15-22-12-5-4-11(10-14(12)23-15)16-17(26-8-9-27-19(26)25-16)13-6-7-21-18(20-2)24-13;3*1-2/h4-10H,3H2,1-2H3,(H,22,23)(H,20,21,24);3*1-2H3. The number of rotatable bonds is 4. The summed E-state index contributed by atoms with van der Waals surface area (Å²) in [6.07, 6.45) is 4.66. The molecule has 5 rings (SSSR count). The van der Waals surface area contributed by atoms with Crippen molar-refractivity contribution in [3.63, 3.8) is 0 Å². The molecule has 7 nitrogen and oxygen atoms in total. The average molecular weight is 466 g/mol. The van der Waals surface area contributed by atoms with Crippen LogP contribution in [0, 0.1) is 0 Å². The summed E-state index contributed by atoms with van der Waals surface area (Å²) >= 11 is 1.61. The fourth-order valence-corrected chi connectivity index (χ4v) is 3.93. The van der Waals surface area contributed by atoms with E-state index in [0.717, 1.165) is 50.9 Å². The molecule has 0 amide bonds. The number of anilines is 1. The molecule has 33 heavy (non-hydrogen) atoms. The SMILES string of the molecule is CC.CC.CC.CCc1nc2ccc(-c3nc4sccn4c3-c3ccnc(NC)n3)cc2[nH]1. The number of thiazole rings is 1. The number of H-pyrrole nitrogens is 1. The zero-order chi connectivity index (χ0) is 24.4.